The number of likely N-dealkylation sites (tertiary alicyclic amines) is 1. The Morgan fingerprint density at radius 2 is 2.17 bits per heavy atom. The zero-order valence-corrected chi connectivity index (χ0v) is 13.3. The normalized spacial score (nSPS) is 28.5. The minimum absolute atomic E-state index is 0.115. The maximum atomic E-state index is 12.3. The lowest BCUT2D eigenvalue weighted by Crippen LogP contribution is -2.74. The first-order chi connectivity index (χ1) is 11.5. The van der Waals surface area contributed by atoms with Gasteiger partial charge < -0.3 is 24.6 Å². The lowest BCUT2D eigenvalue weighted by atomic mass is 10.0. The van der Waals surface area contributed by atoms with Gasteiger partial charge in [-0.05, 0) is 17.6 Å². The Bertz CT molecular complexity index is 633. The van der Waals surface area contributed by atoms with Gasteiger partial charge in [0.05, 0.1) is 0 Å². The van der Waals surface area contributed by atoms with E-state index >= 15 is 0 Å². The first-order valence-corrected chi connectivity index (χ1v) is 8.61. The zero-order chi connectivity index (χ0) is 17.4. The highest BCUT2D eigenvalue weighted by Gasteiger charge is 2.60. The van der Waals surface area contributed by atoms with E-state index in [2.05, 4.69) is 5.32 Å². The Kier molecular flexibility index (Phi) is 4.37. The molecule has 0 aromatic rings. The van der Waals surface area contributed by atoms with Crippen molar-refractivity contribution in [2.24, 2.45) is 0 Å². The maximum Gasteiger partial charge on any atom is 0.410 e. The van der Waals surface area contributed by atoms with E-state index in [9.17, 15) is 28.8 Å². The van der Waals surface area contributed by atoms with Crippen LogP contribution in [0, 0.1) is 0 Å². The highest BCUT2D eigenvalue weighted by Crippen LogP contribution is 2.36. The molecule has 24 heavy (non-hydrogen) atoms. The Hall–Kier alpha value is -2.27. The third kappa shape index (κ3) is 2.59. The summed E-state index contributed by atoms with van der Waals surface area (Å²) >= 11 is -1.60. The van der Waals surface area contributed by atoms with Crippen molar-refractivity contribution in [1.29, 1.82) is 0 Å². The van der Waals surface area contributed by atoms with Crippen LogP contribution in [0.5, 0.6) is 0 Å². The average Bonchev–Trinajstić information content (AvgIpc) is 2.48. The van der Waals surface area contributed by atoms with Crippen molar-refractivity contribution in [3.63, 3.8) is 0 Å². The number of hydrogen-bond acceptors (Lipinski definition) is 6. The minimum atomic E-state index is -1.60. The standard InChI is InChI=1S/C13H15N3O7S/c17-6-14-8-10(18)16-9(12(19)20)7(5-24(22)11(8)16)4-23-13(21)15-2-1-3-15/h6,8,11H,1-5H2,(H,14,17)(H,19,20)/t8?,11-,24?/m0/s1. The summed E-state index contributed by atoms with van der Waals surface area (Å²) < 4.78 is 17.3. The number of carboxylic acid groups (broad SMARTS) is 1. The van der Waals surface area contributed by atoms with E-state index in [-0.39, 0.29) is 23.6 Å². The van der Waals surface area contributed by atoms with Gasteiger partial charge in [0.2, 0.25) is 11.8 Å². The van der Waals surface area contributed by atoms with E-state index in [1.165, 1.54) is 4.90 Å². The van der Waals surface area contributed by atoms with Gasteiger partial charge in [-0.25, -0.2) is 9.59 Å². The summed E-state index contributed by atoms with van der Waals surface area (Å²) in [5.41, 5.74) is -0.214. The van der Waals surface area contributed by atoms with Crippen LogP contribution in [0.15, 0.2) is 11.3 Å². The first-order valence-electron chi connectivity index (χ1n) is 7.22. The topological polar surface area (TPSA) is 139 Å². The number of nitrogens with one attached hydrogen (secondary N) is 1. The van der Waals surface area contributed by atoms with E-state index in [4.69, 9.17) is 4.74 Å². The molecule has 0 bridgehead atoms. The van der Waals surface area contributed by atoms with Crippen LogP contribution in [0.2, 0.25) is 0 Å². The van der Waals surface area contributed by atoms with Crippen molar-refractivity contribution in [2.45, 2.75) is 17.8 Å². The molecule has 11 heteroatoms. The fourth-order valence-corrected chi connectivity index (χ4v) is 4.47. The van der Waals surface area contributed by atoms with Gasteiger partial charge in [0.1, 0.15) is 18.1 Å². The third-order valence-electron chi connectivity index (χ3n) is 4.14. The zero-order valence-electron chi connectivity index (χ0n) is 12.5. The number of ether oxygens (including phenoxy) is 1. The number of aliphatic carboxylic acids is 1. The molecular weight excluding hydrogens is 342 g/mol. The van der Waals surface area contributed by atoms with Gasteiger partial charge in [-0.1, -0.05) is 0 Å². The fraction of sp³-hybridized carbons (Fsp3) is 0.538. The smallest absolute Gasteiger partial charge is 0.410 e. The molecule has 130 valence electrons. The molecular formula is C13H15N3O7S. The summed E-state index contributed by atoms with van der Waals surface area (Å²) in [5, 5.41) is 10.7. The van der Waals surface area contributed by atoms with Gasteiger partial charge in [-0.2, -0.15) is 0 Å². The molecule has 3 aliphatic heterocycles. The molecule has 0 aromatic carbocycles. The molecule has 2 fully saturated rings. The Morgan fingerprint density at radius 3 is 2.71 bits per heavy atom. The number of hydrogen-bond donors (Lipinski definition) is 2. The first kappa shape index (κ1) is 16.6. The lowest BCUT2D eigenvalue weighted by Gasteiger charge is -2.48. The molecule has 0 aliphatic carbocycles. The molecule has 3 rings (SSSR count). The Balaban J connectivity index is 1.78. The van der Waals surface area contributed by atoms with E-state index in [0.29, 0.717) is 19.5 Å². The highest BCUT2D eigenvalue weighted by atomic mass is 32.2. The summed E-state index contributed by atoms with van der Waals surface area (Å²) in [7, 11) is 0. The number of carbonyl (C=O) groups is 4. The molecule has 0 saturated carbocycles. The second kappa shape index (κ2) is 6.32. The van der Waals surface area contributed by atoms with Crippen molar-refractivity contribution < 1.29 is 33.6 Å². The quantitative estimate of drug-likeness (QED) is 0.336. The number of fused-ring (bicyclic) bond motifs is 1. The molecule has 2 N–H and O–H groups in total. The van der Waals surface area contributed by atoms with Crippen molar-refractivity contribution in [1.82, 2.24) is 15.1 Å². The molecule has 0 spiro atoms. The number of carbonyl (C=O) groups excluding carboxylic acids is 3. The van der Waals surface area contributed by atoms with Crippen molar-refractivity contribution in [3.8, 4) is 0 Å². The van der Waals surface area contributed by atoms with Crippen LogP contribution >= 0.6 is 0 Å². The molecule has 0 radical (unpaired) electrons. The van der Waals surface area contributed by atoms with Crippen molar-refractivity contribution >= 4 is 35.6 Å². The molecule has 3 aliphatic rings. The molecule has 3 atom stereocenters. The third-order valence-corrected chi connectivity index (χ3v) is 5.79. The average molecular weight is 357 g/mol. The Labute approximate surface area is 139 Å². The van der Waals surface area contributed by atoms with Crippen LogP contribution in [-0.4, -0.2) is 80.7 Å². The summed E-state index contributed by atoms with van der Waals surface area (Å²) in [6.07, 6.45) is 0.630. The summed E-state index contributed by atoms with van der Waals surface area (Å²) in [5.74, 6) is -2.16. The SMILES string of the molecule is O=CNC1C(=O)N2C(C(=O)O)=C(COC(=O)N3CCC3)C[S+]([O-])[C@@H]12. The van der Waals surface area contributed by atoms with Crippen LogP contribution in [0.3, 0.4) is 0 Å². The fourth-order valence-electron chi connectivity index (χ4n) is 2.80. The van der Waals surface area contributed by atoms with Gasteiger partial charge in [0.15, 0.2) is 6.04 Å². The van der Waals surface area contributed by atoms with Crippen LogP contribution in [0.25, 0.3) is 0 Å². The van der Waals surface area contributed by atoms with Crippen LogP contribution in [0.1, 0.15) is 6.42 Å². The summed E-state index contributed by atoms with van der Waals surface area (Å²) in [6.45, 7) is 0.827. The number of amides is 3. The molecule has 2 saturated heterocycles. The van der Waals surface area contributed by atoms with Gasteiger partial charge in [-0.15, -0.1) is 0 Å². The van der Waals surface area contributed by atoms with Gasteiger partial charge in [0.25, 0.3) is 5.91 Å². The van der Waals surface area contributed by atoms with E-state index in [0.717, 1.165) is 11.3 Å². The highest BCUT2D eigenvalue weighted by molar-refractivity contribution is 7.92. The lowest BCUT2D eigenvalue weighted by molar-refractivity contribution is -0.150. The Morgan fingerprint density at radius 1 is 1.46 bits per heavy atom. The molecule has 3 amide bonds. The second-order valence-electron chi connectivity index (χ2n) is 5.54. The van der Waals surface area contributed by atoms with E-state index < -0.39 is 40.6 Å². The molecule has 2 unspecified atom stereocenters. The number of nitrogens with zero attached hydrogens (tertiary/aromatic N) is 2. The summed E-state index contributed by atoms with van der Waals surface area (Å²) in [6, 6.07) is -0.997. The molecule has 10 nitrogen and oxygen atoms in total. The van der Waals surface area contributed by atoms with Crippen molar-refractivity contribution in [2.75, 3.05) is 25.4 Å². The van der Waals surface area contributed by atoms with Crippen LogP contribution < -0.4 is 5.32 Å². The van der Waals surface area contributed by atoms with Crippen LogP contribution in [0.4, 0.5) is 4.79 Å². The summed E-state index contributed by atoms with van der Waals surface area (Å²) in [4.78, 5) is 48.2. The predicted molar refractivity (Wildman–Crippen MR) is 78.8 cm³/mol. The second-order valence-corrected chi connectivity index (χ2v) is 7.07. The predicted octanol–water partition coefficient (Wildman–Crippen LogP) is -1.79. The van der Waals surface area contributed by atoms with Crippen LogP contribution in [-0.2, 0) is 30.3 Å². The van der Waals surface area contributed by atoms with E-state index in [1.54, 1.807) is 0 Å². The maximum absolute atomic E-state index is 12.3. The number of carboxylic acids is 1. The van der Waals surface area contributed by atoms with E-state index in [1.807, 2.05) is 0 Å². The minimum Gasteiger partial charge on any atom is -0.614 e. The largest absolute Gasteiger partial charge is 0.614 e. The van der Waals surface area contributed by atoms with Gasteiger partial charge in [-0.3, -0.25) is 14.5 Å². The van der Waals surface area contributed by atoms with Crippen molar-refractivity contribution in [3.05, 3.63) is 11.3 Å². The van der Waals surface area contributed by atoms with Gasteiger partial charge in [0, 0.05) is 18.7 Å². The monoisotopic (exact) mass is 357 g/mol. The number of rotatable bonds is 5. The number of β-lactam (4-membered cyclic amide) rings is 1. The van der Waals surface area contributed by atoms with Gasteiger partial charge >= 0.3 is 12.1 Å². The molecule has 3 heterocycles. The molecule has 0 aromatic heterocycles.